The molecule has 0 bridgehead atoms. The second kappa shape index (κ2) is 7.00. The quantitative estimate of drug-likeness (QED) is 0.736. The lowest BCUT2D eigenvalue weighted by Crippen LogP contribution is -2.31. The first-order valence-corrected chi connectivity index (χ1v) is 9.32. The van der Waals surface area contributed by atoms with Gasteiger partial charge in [-0.1, -0.05) is 31.5 Å². The Morgan fingerprint density at radius 2 is 2.15 bits per heavy atom. The van der Waals surface area contributed by atoms with Gasteiger partial charge in [-0.3, -0.25) is 0 Å². The average molecular weight is 289 g/mol. The fourth-order valence-electron chi connectivity index (χ4n) is 3.39. The number of fused-ring (bicyclic) bond motifs is 1. The number of hydrogen-bond acceptors (Lipinski definition) is 2. The Bertz CT molecular complexity index is 427. The second-order valence-electron chi connectivity index (χ2n) is 6.37. The third-order valence-corrected chi connectivity index (χ3v) is 5.97. The maximum Gasteiger partial charge on any atom is 0.0107 e. The van der Waals surface area contributed by atoms with Crippen molar-refractivity contribution in [3.63, 3.8) is 0 Å². The summed E-state index contributed by atoms with van der Waals surface area (Å²) < 4.78 is 0. The lowest BCUT2D eigenvalue weighted by molar-refractivity contribution is 0.414. The summed E-state index contributed by atoms with van der Waals surface area (Å²) in [5.41, 5.74) is 1.61. The number of benzene rings is 1. The van der Waals surface area contributed by atoms with Gasteiger partial charge >= 0.3 is 0 Å². The minimum absolute atomic E-state index is 0.805. The van der Waals surface area contributed by atoms with Crippen molar-refractivity contribution in [2.45, 2.75) is 62.3 Å². The molecular weight excluding hydrogens is 262 g/mol. The molecular formula is C18H27NS. The summed E-state index contributed by atoms with van der Waals surface area (Å²) in [5, 5.41) is 3.77. The Kier molecular flexibility index (Phi) is 5.06. The number of rotatable bonds is 8. The molecule has 0 saturated heterocycles. The standard InChI is InChI=1S/C18H27NS/c1-2-12-19-17(14-10-11-14)8-5-6-15-13-20-18-9-4-3-7-16(15)18/h3-4,7,9,14-15,17,19H,2,5-6,8,10-13H2,1H3. The Morgan fingerprint density at radius 1 is 1.30 bits per heavy atom. The Balaban J connectivity index is 1.45. The first-order chi connectivity index (χ1) is 9.88. The van der Waals surface area contributed by atoms with Crippen molar-refractivity contribution in [3.05, 3.63) is 29.8 Å². The molecule has 0 radical (unpaired) electrons. The van der Waals surface area contributed by atoms with E-state index in [0.29, 0.717) is 0 Å². The SMILES string of the molecule is CCCNC(CCCC1CSc2ccccc21)C1CC1. The molecule has 1 nitrogen and oxygen atoms in total. The zero-order valence-electron chi connectivity index (χ0n) is 12.6. The highest BCUT2D eigenvalue weighted by molar-refractivity contribution is 7.99. The average Bonchev–Trinajstić information content (AvgIpc) is 3.24. The van der Waals surface area contributed by atoms with Crippen LogP contribution < -0.4 is 5.32 Å². The first kappa shape index (κ1) is 14.5. The maximum absolute atomic E-state index is 3.77. The molecule has 110 valence electrons. The predicted octanol–water partition coefficient (Wildman–Crippen LogP) is 4.82. The highest BCUT2D eigenvalue weighted by atomic mass is 32.2. The molecule has 1 aromatic rings. The van der Waals surface area contributed by atoms with Gasteiger partial charge in [-0.25, -0.2) is 0 Å². The van der Waals surface area contributed by atoms with Crippen LogP contribution in [0.2, 0.25) is 0 Å². The van der Waals surface area contributed by atoms with Crippen molar-refractivity contribution in [1.82, 2.24) is 5.32 Å². The van der Waals surface area contributed by atoms with Gasteiger partial charge in [0.1, 0.15) is 0 Å². The van der Waals surface area contributed by atoms with Gasteiger partial charge in [-0.15, -0.1) is 11.8 Å². The van der Waals surface area contributed by atoms with Crippen molar-refractivity contribution < 1.29 is 0 Å². The summed E-state index contributed by atoms with van der Waals surface area (Å²) in [5.74, 6) is 3.10. The van der Waals surface area contributed by atoms with Crippen LogP contribution in [0.4, 0.5) is 0 Å². The van der Waals surface area contributed by atoms with Crippen LogP contribution in [-0.2, 0) is 0 Å². The lowest BCUT2D eigenvalue weighted by Gasteiger charge is -2.19. The molecule has 0 spiro atoms. The molecule has 0 amide bonds. The van der Waals surface area contributed by atoms with E-state index < -0.39 is 0 Å². The molecule has 2 heteroatoms. The maximum atomic E-state index is 3.77. The molecule has 2 atom stereocenters. The van der Waals surface area contributed by atoms with E-state index in [1.165, 1.54) is 55.7 Å². The van der Waals surface area contributed by atoms with Crippen molar-refractivity contribution >= 4 is 11.8 Å². The lowest BCUT2D eigenvalue weighted by atomic mass is 9.93. The number of thioether (sulfide) groups is 1. The zero-order chi connectivity index (χ0) is 13.8. The first-order valence-electron chi connectivity index (χ1n) is 8.33. The van der Waals surface area contributed by atoms with E-state index in [-0.39, 0.29) is 0 Å². The van der Waals surface area contributed by atoms with Crippen molar-refractivity contribution in [3.8, 4) is 0 Å². The van der Waals surface area contributed by atoms with Gasteiger partial charge in [-0.2, -0.15) is 0 Å². The molecule has 2 aliphatic rings. The molecule has 1 aromatic carbocycles. The van der Waals surface area contributed by atoms with E-state index in [2.05, 4.69) is 48.3 Å². The Labute approximate surface area is 127 Å². The number of nitrogens with one attached hydrogen (secondary N) is 1. The van der Waals surface area contributed by atoms with Crippen molar-refractivity contribution in [1.29, 1.82) is 0 Å². The summed E-state index contributed by atoms with van der Waals surface area (Å²) in [6, 6.07) is 9.81. The van der Waals surface area contributed by atoms with E-state index in [1.807, 2.05) is 0 Å². The third kappa shape index (κ3) is 3.59. The molecule has 1 heterocycles. The van der Waals surface area contributed by atoms with Crippen LogP contribution in [0, 0.1) is 5.92 Å². The van der Waals surface area contributed by atoms with Gasteiger partial charge < -0.3 is 5.32 Å². The molecule has 0 aromatic heterocycles. The smallest absolute Gasteiger partial charge is 0.0107 e. The van der Waals surface area contributed by atoms with Crippen LogP contribution >= 0.6 is 11.8 Å². The summed E-state index contributed by atoms with van der Waals surface area (Å²) in [4.78, 5) is 1.53. The highest BCUT2D eigenvalue weighted by Gasteiger charge is 2.30. The Morgan fingerprint density at radius 3 is 2.95 bits per heavy atom. The van der Waals surface area contributed by atoms with Gasteiger partial charge in [-0.05, 0) is 62.1 Å². The molecule has 1 aliphatic carbocycles. The molecule has 20 heavy (non-hydrogen) atoms. The third-order valence-electron chi connectivity index (χ3n) is 4.71. The topological polar surface area (TPSA) is 12.0 Å². The summed E-state index contributed by atoms with van der Waals surface area (Å²) in [6.45, 7) is 3.47. The van der Waals surface area contributed by atoms with Crippen LogP contribution in [0.1, 0.15) is 56.9 Å². The van der Waals surface area contributed by atoms with Crippen LogP contribution in [-0.4, -0.2) is 18.3 Å². The predicted molar refractivity (Wildman–Crippen MR) is 88.6 cm³/mol. The number of hydrogen-bond donors (Lipinski definition) is 1. The fourth-order valence-corrected chi connectivity index (χ4v) is 4.69. The van der Waals surface area contributed by atoms with Crippen LogP contribution in [0.5, 0.6) is 0 Å². The molecule has 1 N–H and O–H groups in total. The summed E-state index contributed by atoms with van der Waals surface area (Å²) >= 11 is 2.05. The van der Waals surface area contributed by atoms with E-state index in [4.69, 9.17) is 0 Å². The molecule has 1 saturated carbocycles. The second-order valence-corrected chi connectivity index (χ2v) is 7.44. The normalized spacial score (nSPS) is 22.8. The largest absolute Gasteiger partial charge is 0.314 e. The Hall–Kier alpha value is -0.470. The van der Waals surface area contributed by atoms with E-state index in [1.54, 1.807) is 5.56 Å². The van der Waals surface area contributed by atoms with Crippen LogP contribution in [0.15, 0.2) is 29.2 Å². The van der Waals surface area contributed by atoms with E-state index in [0.717, 1.165) is 17.9 Å². The molecule has 2 unspecified atom stereocenters. The van der Waals surface area contributed by atoms with Gasteiger partial charge in [0.15, 0.2) is 0 Å². The van der Waals surface area contributed by atoms with Crippen molar-refractivity contribution in [2.75, 3.05) is 12.3 Å². The van der Waals surface area contributed by atoms with Gasteiger partial charge in [0.25, 0.3) is 0 Å². The molecule has 3 rings (SSSR count). The molecule has 1 aliphatic heterocycles. The highest BCUT2D eigenvalue weighted by Crippen LogP contribution is 2.42. The van der Waals surface area contributed by atoms with Gasteiger partial charge in [0, 0.05) is 16.7 Å². The van der Waals surface area contributed by atoms with Gasteiger partial charge in [0.05, 0.1) is 0 Å². The van der Waals surface area contributed by atoms with Gasteiger partial charge in [0.2, 0.25) is 0 Å². The zero-order valence-corrected chi connectivity index (χ0v) is 13.4. The monoisotopic (exact) mass is 289 g/mol. The summed E-state index contributed by atoms with van der Waals surface area (Å²) in [7, 11) is 0. The fraction of sp³-hybridized carbons (Fsp3) is 0.667. The molecule has 1 fully saturated rings. The minimum atomic E-state index is 0.805. The van der Waals surface area contributed by atoms with Crippen LogP contribution in [0.3, 0.4) is 0 Å². The minimum Gasteiger partial charge on any atom is -0.314 e. The van der Waals surface area contributed by atoms with Crippen molar-refractivity contribution in [2.24, 2.45) is 5.92 Å². The summed E-state index contributed by atoms with van der Waals surface area (Å²) in [6.07, 6.45) is 8.33. The van der Waals surface area contributed by atoms with E-state index >= 15 is 0 Å². The van der Waals surface area contributed by atoms with E-state index in [9.17, 15) is 0 Å². The van der Waals surface area contributed by atoms with Crippen LogP contribution in [0.25, 0.3) is 0 Å².